The van der Waals surface area contributed by atoms with Crippen molar-refractivity contribution in [3.05, 3.63) is 53.6 Å². The van der Waals surface area contributed by atoms with Crippen molar-refractivity contribution in [3.8, 4) is 11.1 Å². The molecule has 0 spiro atoms. The number of anilines is 1. The van der Waals surface area contributed by atoms with Gasteiger partial charge in [-0.15, -0.1) is 0 Å². The van der Waals surface area contributed by atoms with E-state index in [0.717, 1.165) is 11.1 Å². The lowest BCUT2D eigenvalue weighted by atomic mass is 10.0. The minimum Gasteiger partial charge on any atom is -0.444 e. The van der Waals surface area contributed by atoms with Gasteiger partial charge in [-0.1, -0.05) is 54.1 Å². The average Bonchev–Trinajstić information content (AvgIpc) is 2.40. The van der Waals surface area contributed by atoms with E-state index in [4.69, 9.17) is 16.3 Å². The van der Waals surface area contributed by atoms with Crippen LogP contribution < -0.4 is 5.32 Å². The van der Waals surface area contributed by atoms with Crippen LogP contribution in [0.4, 0.5) is 10.5 Å². The molecule has 0 fully saturated rings. The molecule has 1 N–H and O–H groups in total. The van der Waals surface area contributed by atoms with Crippen LogP contribution in [-0.4, -0.2) is 11.7 Å². The van der Waals surface area contributed by atoms with Crippen molar-refractivity contribution in [2.75, 3.05) is 5.32 Å². The van der Waals surface area contributed by atoms with Gasteiger partial charge in [0.25, 0.3) is 0 Å². The lowest BCUT2D eigenvalue weighted by Crippen LogP contribution is -2.27. The Labute approximate surface area is 129 Å². The molecular formula is C17H18ClNO2. The van der Waals surface area contributed by atoms with Crippen LogP contribution in [0.1, 0.15) is 20.8 Å². The van der Waals surface area contributed by atoms with Crippen LogP contribution in [-0.2, 0) is 4.74 Å². The maximum Gasteiger partial charge on any atom is 0.412 e. The third-order valence-electron chi connectivity index (χ3n) is 2.72. The first-order valence-corrected chi connectivity index (χ1v) is 7.08. The fourth-order valence-electron chi connectivity index (χ4n) is 1.92. The Bertz CT molecular complexity index is 633. The Kier molecular flexibility index (Phi) is 4.53. The highest BCUT2D eigenvalue weighted by Crippen LogP contribution is 2.34. The molecule has 3 nitrogen and oxygen atoms in total. The summed E-state index contributed by atoms with van der Waals surface area (Å²) in [4.78, 5) is 12.0. The monoisotopic (exact) mass is 303 g/mol. The number of hydrogen-bond acceptors (Lipinski definition) is 2. The molecule has 0 atom stereocenters. The number of carbonyl (C=O) groups excluding carboxylic acids is 1. The average molecular weight is 304 g/mol. The molecule has 0 aliphatic rings. The molecule has 2 rings (SSSR count). The van der Waals surface area contributed by atoms with Gasteiger partial charge in [-0.3, -0.25) is 5.32 Å². The van der Waals surface area contributed by atoms with E-state index < -0.39 is 11.7 Å². The molecule has 0 radical (unpaired) electrons. The Hall–Kier alpha value is -2.00. The normalized spacial score (nSPS) is 11.0. The van der Waals surface area contributed by atoms with E-state index in [2.05, 4.69) is 5.32 Å². The highest BCUT2D eigenvalue weighted by atomic mass is 35.5. The topological polar surface area (TPSA) is 38.3 Å². The molecule has 0 saturated carbocycles. The first-order valence-electron chi connectivity index (χ1n) is 6.71. The van der Waals surface area contributed by atoms with Gasteiger partial charge in [0, 0.05) is 5.56 Å². The first kappa shape index (κ1) is 15.4. The van der Waals surface area contributed by atoms with E-state index in [9.17, 15) is 4.79 Å². The summed E-state index contributed by atoms with van der Waals surface area (Å²) in [7, 11) is 0. The summed E-state index contributed by atoms with van der Waals surface area (Å²) in [5.74, 6) is 0. The molecule has 110 valence electrons. The van der Waals surface area contributed by atoms with Gasteiger partial charge < -0.3 is 4.74 Å². The standard InChI is InChI=1S/C17H18ClNO2/c1-17(2,3)21-16(20)19-15-13(10-7-11-14(15)18)12-8-5-4-6-9-12/h4-11H,1-3H3,(H,19,20). The number of benzene rings is 2. The van der Waals surface area contributed by atoms with Gasteiger partial charge in [-0.05, 0) is 32.4 Å². The lowest BCUT2D eigenvalue weighted by molar-refractivity contribution is 0.0636. The number of halogens is 1. The van der Waals surface area contributed by atoms with Gasteiger partial charge in [-0.2, -0.15) is 0 Å². The van der Waals surface area contributed by atoms with E-state index in [0.29, 0.717) is 10.7 Å². The summed E-state index contributed by atoms with van der Waals surface area (Å²) < 4.78 is 5.28. The predicted molar refractivity (Wildman–Crippen MR) is 86.7 cm³/mol. The van der Waals surface area contributed by atoms with E-state index >= 15 is 0 Å². The Morgan fingerprint density at radius 1 is 1.05 bits per heavy atom. The molecule has 0 aliphatic carbocycles. The summed E-state index contributed by atoms with van der Waals surface area (Å²) in [6, 6.07) is 15.2. The molecule has 0 aliphatic heterocycles. The van der Waals surface area contributed by atoms with Crippen LogP contribution in [0.15, 0.2) is 48.5 Å². The molecule has 4 heteroatoms. The maximum atomic E-state index is 12.0. The minimum absolute atomic E-state index is 0.474. The summed E-state index contributed by atoms with van der Waals surface area (Å²) >= 11 is 6.22. The molecule has 0 saturated heterocycles. The number of para-hydroxylation sites is 1. The molecule has 1 amide bonds. The lowest BCUT2D eigenvalue weighted by Gasteiger charge is -2.21. The number of carbonyl (C=O) groups is 1. The maximum absolute atomic E-state index is 12.0. The van der Waals surface area contributed by atoms with Crippen molar-refractivity contribution < 1.29 is 9.53 Å². The molecule has 0 bridgehead atoms. The second kappa shape index (κ2) is 6.19. The second-order valence-electron chi connectivity index (χ2n) is 5.66. The summed E-state index contributed by atoms with van der Waals surface area (Å²) in [5, 5.41) is 3.22. The Morgan fingerprint density at radius 3 is 2.33 bits per heavy atom. The Balaban J connectivity index is 2.33. The number of rotatable bonds is 2. The van der Waals surface area contributed by atoms with E-state index in [1.807, 2.05) is 63.2 Å². The SMILES string of the molecule is CC(C)(C)OC(=O)Nc1c(Cl)cccc1-c1ccccc1. The zero-order valence-corrected chi connectivity index (χ0v) is 13.1. The van der Waals surface area contributed by atoms with Gasteiger partial charge in [-0.25, -0.2) is 4.79 Å². The summed E-state index contributed by atoms with van der Waals surface area (Å²) in [6.07, 6.45) is -0.521. The van der Waals surface area contributed by atoms with Gasteiger partial charge in [0.05, 0.1) is 10.7 Å². The smallest absolute Gasteiger partial charge is 0.412 e. The zero-order chi connectivity index (χ0) is 15.5. The highest BCUT2D eigenvalue weighted by Gasteiger charge is 2.18. The number of nitrogens with one attached hydrogen (secondary N) is 1. The quantitative estimate of drug-likeness (QED) is 0.811. The number of amides is 1. The third-order valence-corrected chi connectivity index (χ3v) is 3.04. The zero-order valence-electron chi connectivity index (χ0n) is 12.3. The van der Waals surface area contributed by atoms with Crippen molar-refractivity contribution >= 4 is 23.4 Å². The first-order chi connectivity index (χ1) is 9.87. The number of ether oxygens (including phenoxy) is 1. The molecule has 0 unspecified atom stereocenters. The minimum atomic E-state index is -0.557. The van der Waals surface area contributed by atoms with Crippen LogP contribution >= 0.6 is 11.6 Å². The van der Waals surface area contributed by atoms with Gasteiger partial charge >= 0.3 is 6.09 Å². The molecule has 0 heterocycles. The van der Waals surface area contributed by atoms with E-state index in [-0.39, 0.29) is 0 Å². The van der Waals surface area contributed by atoms with Gasteiger partial charge in [0.15, 0.2) is 0 Å². The van der Waals surface area contributed by atoms with E-state index in [1.165, 1.54) is 0 Å². The van der Waals surface area contributed by atoms with Crippen LogP contribution in [0.25, 0.3) is 11.1 Å². The fraction of sp³-hybridized carbons (Fsp3) is 0.235. The van der Waals surface area contributed by atoms with Gasteiger partial charge in [0.2, 0.25) is 0 Å². The predicted octanol–water partition coefficient (Wildman–Crippen LogP) is 5.35. The second-order valence-corrected chi connectivity index (χ2v) is 6.06. The van der Waals surface area contributed by atoms with Crippen molar-refractivity contribution in [1.82, 2.24) is 0 Å². The molecule has 21 heavy (non-hydrogen) atoms. The third kappa shape index (κ3) is 4.23. The van der Waals surface area contributed by atoms with Crippen molar-refractivity contribution in [2.45, 2.75) is 26.4 Å². The van der Waals surface area contributed by atoms with Crippen LogP contribution in [0.3, 0.4) is 0 Å². The van der Waals surface area contributed by atoms with Crippen LogP contribution in [0.2, 0.25) is 5.02 Å². The fourth-order valence-corrected chi connectivity index (χ4v) is 2.14. The molecule has 2 aromatic rings. The summed E-state index contributed by atoms with van der Waals surface area (Å²) in [6.45, 7) is 5.45. The molecule has 2 aromatic carbocycles. The van der Waals surface area contributed by atoms with Crippen molar-refractivity contribution in [2.24, 2.45) is 0 Å². The van der Waals surface area contributed by atoms with Crippen LogP contribution in [0, 0.1) is 0 Å². The molecule has 0 aromatic heterocycles. The number of hydrogen-bond donors (Lipinski definition) is 1. The van der Waals surface area contributed by atoms with Crippen molar-refractivity contribution in [3.63, 3.8) is 0 Å². The largest absolute Gasteiger partial charge is 0.444 e. The molecular weight excluding hydrogens is 286 g/mol. The highest BCUT2D eigenvalue weighted by molar-refractivity contribution is 6.34. The summed E-state index contributed by atoms with van der Waals surface area (Å²) in [5.41, 5.74) is 1.83. The van der Waals surface area contributed by atoms with Gasteiger partial charge in [0.1, 0.15) is 5.60 Å². The van der Waals surface area contributed by atoms with Crippen LogP contribution in [0.5, 0.6) is 0 Å². The van der Waals surface area contributed by atoms with Crippen molar-refractivity contribution in [1.29, 1.82) is 0 Å². The Morgan fingerprint density at radius 2 is 1.71 bits per heavy atom. The van der Waals surface area contributed by atoms with E-state index in [1.54, 1.807) is 6.07 Å².